The Balaban J connectivity index is 2.04. The van der Waals surface area contributed by atoms with Gasteiger partial charge in [0.15, 0.2) is 11.5 Å². The maximum atomic E-state index is 14.0. The first-order chi connectivity index (χ1) is 18.6. The molecule has 0 spiro atoms. The number of rotatable bonds is 12. The molecule has 0 aliphatic rings. The molecule has 0 aromatic heterocycles. The first kappa shape index (κ1) is 29.7. The van der Waals surface area contributed by atoms with Gasteiger partial charge >= 0.3 is 0 Å². The molecule has 0 bridgehead atoms. The second-order valence-corrected chi connectivity index (χ2v) is 10.5. The highest BCUT2D eigenvalue weighted by Crippen LogP contribution is 2.37. The largest absolute Gasteiger partial charge is 0.497 e. The molecule has 3 aromatic carbocycles. The van der Waals surface area contributed by atoms with Gasteiger partial charge in [-0.2, -0.15) is 0 Å². The second kappa shape index (κ2) is 12.8. The third-order valence-corrected chi connectivity index (χ3v) is 7.91. The molecule has 1 N–H and O–H groups in total. The molecule has 0 radical (unpaired) electrons. The van der Waals surface area contributed by atoms with E-state index in [1.165, 1.54) is 65.9 Å². The van der Waals surface area contributed by atoms with Crippen LogP contribution in [-0.2, 0) is 14.8 Å². The number of halogens is 1. The number of nitrogens with zero attached hydrogens (tertiary/aromatic N) is 1. The molecule has 0 aliphatic heterocycles. The van der Waals surface area contributed by atoms with E-state index < -0.39 is 28.5 Å². The molecule has 0 fully saturated rings. The molecule has 3 rings (SSSR count). The molecule has 1 unspecified atom stereocenters. The van der Waals surface area contributed by atoms with E-state index in [2.05, 4.69) is 5.32 Å². The molecule has 1 atom stereocenters. The Labute approximate surface area is 233 Å². The van der Waals surface area contributed by atoms with Gasteiger partial charge in [-0.25, -0.2) is 8.42 Å². The number of hydrogen-bond acceptors (Lipinski definition) is 8. The lowest BCUT2D eigenvalue weighted by Crippen LogP contribution is -2.41. The van der Waals surface area contributed by atoms with Crippen molar-refractivity contribution in [2.75, 3.05) is 46.4 Å². The van der Waals surface area contributed by atoms with Crippen LogP contribution in [0.5, 0.6) is 28.7 Å². The van der Waals surface area contributed by atoms with Crippen LogP contribution in [0.2, 0.25) is 5.02 Å². The van der Waals surface area contributed by atoms with E-state index in [1.807, 2.05) is 0 Å². The average Bonchev–Trinajstić information content (AvgIpc) is 2.94. The number of benzene rings is 3. The SMILES string of the molecule is COc1ccc(OC)c(C(C)NC(=O)CN(c2cc(Cl)ccc2OC)S(=O)(=O)c2ccc(OC)c(OC)c2)c1. The van der Waals surface area contributed by atoms with Gasteiger partial charge in [-0.3, -0.25) is 9.10 Å². The molecule has 210 valence electrons. The number of anilines is 1. The Kier molecular flexibility index (Phi) is 9.76. The number of sulfonamides is 1. The highest BCUT2D eigenvalue weighted by atomic mass is 35.5. The molecule has 0 saturated heterocycles. The lowest BCUT2D eigenvalue weighted by molar-refractivity contribution is -0.120. The van der Waals surface area contributed by atoms with Crippen LogP contribution in [0.15, 0.2) is 59.5 Å². The van der Waals surface area contributed by atoms with Crippen LogP contribution in [0.4, 0.5) is 5.69 Å². The van der Waals surface area contributed by atoms with E-state index in [0.29, 0.717) is 22.8 Å². The number of amides is 1. The van der Waals surface area contributed by atoms with Crippen LogP contribution in [0.25, 0.3) is 0 Å². The molecule has 0 aliphatic carbocycles. The fraction of sp³-hybridized carbons (Fsp3) is 0.296. The normalized spacial score (nSPS) is 11.8. The molecule has 0 saturated carbocycles. The van der Waals surface area contributed by atoms with Gasteiger partial charge in [0.25, 0.3) is 10.0 Å². The molecule has 12 heteroatoms. The zero-order chi connectivity index (χ0) is 28.7. The summed E-state index contributed by atoms with van der Waals surface area (Å²) in [7, 11) is 2.95. The summed E-state index contributed by atoms with van der Waals surface area (Å²) in [6, 6.07) is 13.3. The zero-order valence-electron chi connectivity index (χ0n) is 22.5. The fourth-order valence-corrected chi connectivity index (χ4v) is 5.54. The summed E-state index contributed by atoms with van der Waals surface area (Å²) in [4.78, 5) is 13.2. The molecule has 3 aromatic rings. The number of nitrogens with one attached hydrogen (secondary N) is 1. The third-order valence-electron chi connectivity index (χ3n) is 5.92. The number of ether oxygens (including phenoxy) is 5. The Morgan fingerprint density at radius 1 is 0.821 bits per heavy atom. The first-order valence-electron chi connectivity index (χ1n) is 11.7. The lowest BCUT2D eigenvalue weighted by Gasteiger charge is -2.27. The highest BCUT2D eigenvalue weighted by Gasteiger charge is 2.31. The summed E-state index contributed by atoms with van der Waals surface area (Å²) in [6.45, 7) is 1.17. The van der Waals surface area contributed by atoms with E-state index >= 15 is 0 Å². The minimum atomic E-state index is -4.33. The van der Waals surface area contributed by atoms with Crippen LogP contribution >= 0.6 is 11.6 Å². The van der Waals surface area contributed by atoms with Crippen molar-refractivity contribution in [3.63, 3.8) is 0 Å². The van der Waals surface area contributed by atoms with E-state index in [-0.39, 0.29) is 27.1 Å². The van der Waals surface area contributed by atoms with Crippen molar-refractivity contribution in [3.05, 3.63) is 65.2 Å². The first-order valence-corrected chi connectivity index (χ1v) is 13.5. The maximum Gasteiger partial charge on any atom is 0.265 e. The fourth-order valence-electron chi connectivity index (χ4n) is 3.94. The van der Waals surface area contributed by atoms with Crippen molar-refractivity contribution in [1.29, 1.82) is 0 Å². The number of carbonyl (C=O) groups is 1. The minimum absolute atomic E-state index is 0.0848. The summed E-state index contributed by atoms with van der Waals surface area (Å²) in [5, 5.41) is 3.10. The van der Waals surface area contributed by atoms with Crippen molar-refractivity contribution < 1.29 is 36.9 Å². The Morgan fingerprint density at radius 2 is 1.44 bits per heavy atom. The standard InChI is InChI=1S/C27H31ClN2O8S/c1-17(21-14-19(34-2)8-11-23(21)35-3)29-27(31)16-30(22-13-18(28)7-10-24(22)36-4)39(32,33)20-9-12-25(37-5)26(15-20)38-6/h7-15,17H,16H2,1-6H3,(H,29,31). The molecular weight excluding hydrogens is 548 g/mol. The zero-order valence-corrected chi connectivity index (χ0v) is 24.1. The van der Waals surface area contributed by atoms with Crippen molar-refractivity contribution in [3.8, 4) is 28.7 Å². The van der Waals surface area contributed by atoms with Gasteiger partial charge in [0.1, 0.15) is 23.8 Å². The van der Waals surface area contributed by atoms with Crippen LogP contribution in [0, 0.1) is 0 Å². The van der Waals surface area contributed by atoms with Crippen LogP contribution in [0.3, 0.4) is 0 Å². The average molecular weight is 579 g/mol. The molecule has 1 amide bonds. The van der Waals surface area contributed by atoms with Crippen LogP contribution in [0.1, 0.15) is 18.5 Å². The van der Waals surface area contributed by atoms with Gasteiger partial charge in [0, 0.05) is 16.7 Å². The molecular formula is C27H31ClN2O8S. The summed E-state index contributed by atoms with van der Waals surface area (Å²) in [5.41, 5.74) is 0.737. The van der Waals surface area contributed by atoms with Gasteiger partial charge in [0.2, 0.25) is 5.91 Å². The van der Waals surface area contributed by atoms with E-state index in [9.17, 15) is 13.2 Å². The summed E-state index contributed by atoms with van der Waals surface area (Å²) in [5.74, 6) is 1.29. The number of carbonyl (C=O) groups excluding carboxylic acids is 1. The van der Waals surface area contributed by atoms with E-state index in [1.54, 1.807) is 31.2 Å². The quantitative estimate of drug-likeness (QED) is 0.335. The smallest absolute Gasteiger partial charge is 0.265 e. The predicted octanol–water partition coefficient (Wildman–Crippen LogP) is 4.46. The monoisotopic (exact) mass is 578 g/mol. The summed E-state index contributed by atoms with van der Waals surface area (Å²) < 4.78 is 55.5. The van der Waals surface area contributed by atoms with Crippen molar-refractivity contribution in [2.24, 2.45) is 0 Å². The van der Waals surface area contributed by atoms with Gasteiger partial charge in [-0.15, -0.1) is 0 Å². The predicted molar refractivity (Wildman–Crippen MR) is 148 cm³/mol. The van der Waals surface area contributed by atoms with Crippen molar-refractivity contribution >= 4 is 33.2 Å². The minimum Gasteiger partial charge on any atom is -0.497 e. The van der Waals surface area contributed by atoms with Crippen LogP contribution in [-0.4, -0.2) is 56.4 Å². The lowest BCUT2D eigenvalue weighted by atomic mass is 10.1. The van der Waals surface area contributed by atoms with Gasteiger partial charge in [-0.05, 0) is 55.5 Å². The van der Waals surface area contributed by atoms with Crippen LogP contribution < -0.4 is 33.3 Å². The maximum absolute atomic E-state index is 14.0. The Morgan fingerprint density at radius 3 is 2.05 bits per heavy atom. The van der Waals surface area contributed by atoms with Gasteiger partial charge in [-0.1, -0.05) is 11.6 Å². The van der Waals surface area contributed by atoms with E-state index in [4.69, 9.17) is 35.3 Å². The summed E-state index contributed by atoms with van der Waals surface area (Å²) >= 11 is 6.22. The third kappa shape index (κ3) is 6.61. The highest BCUT2D eigenvalue weighted by molar-refractivity contribution is 7.92. The topological polar surface area (TPSA) is 113 Å². The number of hydrogen-bond donors (Lipinski definition) is 1. The Hall–Kier alpha value is -3.83. The van der Waals surface area contributed by atoms with Gasteiger partial charge in [0.05, 0.1) is 52.2 Å². The van der Waals surface area contributed by atoms with Gasteiger partial charge < -0.3 is 29.0 Å². The summed E-state index contributed by atoms with van der Waals surface area (Å²) in [6.07, 6.45) is 0. The molecule has 0 heterocycles. The van der Waals surface area contributed by atoms with Crippen molar-refractivity contribution in [1.82, 2.24) is 5.32 Å². The second-order valence-electron chi connectivity index (χ2n) is 8.24. The number of methoxy groups -OCH3 is 5. The Bertz CT molecular complexity index is 1430. The van der Waals surface area contributed by atoms with E-state index in [0.717, 1.165) is 4.31 Å². The molecule has 39 heavy (non-hydrogen) atoms. The molecule has 10 nitrogen and oxygen atoms in total. The van der Waals surface area contributed by atoms with Crippen molar-refractivity contribution in [2.45, 2.75) is 17.9 Å².